The van der Waals surface area contributed by atoms with Crippen LogP contribution in [-0.4, -0.2) is 38.6 Å². The first-order chi connectivity index (χ1) is 12.6. The highest BCUT2D eigenvalue weighted by atomic mass is 32.2. The molecule has 2 aromatic rings. The molecule has 27 heavy (non-hydrogen) atoms. The van der Waals surface area contributed by atoms with Gasteiger partial charge in [-0.3, -0.25) is 9.59 Å². The highest BCUT2D eigenvalue weighted by Crippen LogP contribution is 2.16. The number of hydrogen-bond acceptors (Lipinski definition) is 4. The van der Waals surface area contributed by atoms with Gasteiger partial charge in [0.25, 0.3) is 0 Å². The van der Waals surface area contributed by atoms with Crippen molar-refractivity contribution in [2.45, 2.75) is 25.3 Å². The second-order valence-electron chi connectivity index (χ2n) is 6.39. The Morgan fingerprint density at radius 3 is 2.19 bits per heavy atom. The van der Waals surface area contributed by atoms with E-state index in [4.69, 9.17) is 0 Å². The van der Waals surface area contributed by atoms with Crippen molar-refractivity contribution in [2.75, 3.05) is 19.4 Å². The number of nitrogens with zero attached hydrogens (tertiary/aromatic N) is 1. The molecule has 0 saturated heterocycles. The Hall–Kier alpha value is -2.71. The van der Waals surface area contributed by atoms with E-state index < -0.39 is 21.8 Å². The lowest BCUT2D eigenvalue weighted by molar-refractivity contribution is -0.136. The normalized spacial score (nSPS) is 11.3. The van der Waals surface area contributed by atoms with E-state index in [1.165, 1.54) is 26.2 Å². The van der Waals surface area contributed by atoms with Crippen LogP contribution in [0.3, 0.4) is 0 Å². The van der Waals surface area contributed by atoms with Crippen LogP contribution in [-0.2, 0) is 26.2 Å². The zero-order valence-corrected chi connectivity index (χ0v) is 16.6. The predicted octanol–water partition coefficient (Wildman–Crippen LogP) is 1.81. The van der Waals surface area contributed by atoms with Gasteiger partial charge in [0.05, 0.1) is 4.90 Å². The third-order valence-corrected chi connectivity index (χ3v) is 5.83. The maximum absolute atomic E-state index is 12.0. The molecule has 0 spiro atoms. The molecule has 0 unspecified atom stereocenters. The van der Waals surface area contributed by atoms with Crippen LogP contribution in [0.15, 0.2) is 47.4 Å². The van der Waals surface area contributed by atoms with E-state index in [9.17, 15) is 18.0 Å². The number of anilines is 1. The highest BCUT2D eigenvalue weighted by Gasteiger charge is 2.17. The van der Waals surface area contributed by atoms with Crippen LogP contribution in [0.1, 0.15) is 16.7 Å². The molecule has 7 nitrogen and oxygen atoms in total. The first kappa shape index (κ1) is 20.6. The summed E-state index contributed by atoms with van der Waals surface area (Å²) in [6.45, 7) is 3.85. The minimum absolute atomic E-state index is 0.112. The molecule has 0 radical (unpaired) electrons. The van der Waals surface area contributed by atoms with Gasteiger partial charge in [0, 0.05) is 26.3 Å². The standard InChI is InChI=1S/C19H23N3O4S/c1-13-5-6-14(2)17(11-13)21-19(24)18(23)20-12-15-7-9-16(10-8-15)27(25,26)22(3)4/h5-11H,12H2,1-4H3,(H,20,23)(H,21,24). The number of amides is 2. The van der Waals surface area contributed by atoms with E-state index in [0.29, 0.717) is 11.3 Å². The summed E-state index contributed by atoms with van der Waals surface area (Å²) in [6.07, 6.45) is 0. The number of carbonyl (C=O) groups is 2. The zero-order valence-electron chi connectivity index (χ0n) is 15.7. The number of benzene rings is 2. The molecule has 0 aromatic heterocycles. The summed E-state index contributed by atoms with van der Waals surface area (Å²) in [6, 6.07) is 11.7. The molecule has 8 heteroatoms. The van der Waals surface area contributed by atoms with Gasteiger partial charge in [-0.25, -0.2) is 12.7 Å². The van der Waals surface area contributed by atoms with Gasteiger partial charge in [0.2, 0.25) is 10.0 Å². The molecular formula is C19H23N3O4S. The van der Waals surface area contributed by atoms with Gasteiger partial charge in [-0.1, -0.05) is 24.3 Å². The molecule has 144 valence electrons. The first-order valence-corrected chi connectivity index (χ1v) is 9.73. The lowest BCUT2D eigenvalue weighted by Crippen LogP contribution is -2.35. The minimum atomic E-state index is -3.50. The van der Waals surface area contributed by atoms with Gasteiger partial charge in [-0.05, 0) is 48.7 Å². The molecular weight excluding hydrogens is 366 g/mol. The van der Waals surface area contributed by atoms with E-state index in [1.54, 1.807) is 18.2 Å². The van der Waals surface area contributed by atoms with Gasteiger partial charge in [-0.2, -0.15) is 0 Å². The van der Waals surface area contributed by atoms with Crippen LogP contribution < -0.4 is 10.6 Å². The van der Waals surface area contributed by atoms with Crippen molar-refractivity contribution >= 4 is 27.5 Å². The molecule has 0 aliphatic rings. The predicted molar refractivity (Wildman–Crippen MR) is 104 cm³/mol. The minimum Gasteiger partial charge on any atom is -0.344 e. The summed E-state index contributed by atoms with van der Waals surface area (Å²) >= 11 is 0. The SMILES string of the molecule is Cc1ccc(C)c(NC(=O)C(=O)NCc2ccc(S(=O)(=O)N(C)C)cc2)c1. The number of rotatable bonds is 5. The van der Waals surface area contributed by atoms with E-state index in [0.717, 1.165) is 15.4 Å². The number of hydrogen-bond donors (Lipinski definition) is 2. The molecule has 2 amide bonds. The Bertz CT molecular complexity index is 951. The number of nitrogens with one attached hydrogen (secondary N) is 2. The third-order valence-electron chi connectivity index (χ3n) is 4.00. The molecule has 0 bridgehead atoms. The van der Waals surface area contributed by atoms with Gasteiger partial charge < -0.3 is 10.6 Å². The van der Waals surface area contributed by atoms with Gasteiger partial charge >= 0.3 is 11.8 Å². The summed E-state index contributed by atoms with van der Waals surface area (Å²) < 4.78 is 25.2. The van der Waals surface area contributed by atoms with Crippen LogP contribution in [0.5, 0.6) is 0 Å². The van der Waals surface area contributed by atoms with Crippen molar-refractivity contribution in [2.24, 2.45) is 0 Å². The van der Waals surface area contributed by atoms with E-state index in [-0.39, 0.29) is 11.4 Å². The molecule has 0 saturated carbocycles. The van der Waals surface area contributed by atoms with Crippen molar-refractivity contribution in [3.8, 4) is 0 Å². The summed E-state index contributed by atoms with van der Waals surface area (Å²) in [5, 5.41) is 5.12. The molecule has 2 N–H and O–H groups in total. The van der Waals surface area contributed by atoms with Crippen molar-refractivity contribution in [3.63, 3.8) is 0 Å². The molecule has 0 fully saturated rings. The van der Waals surface area contributed by atoms with E-state index in [2.05, 4.69) is 10.6 Å². The van der Waals surface area contributed by atoms with Crippen LogP contribution in [0.2, 0.25) is 0 Å². The van der Waals surface area contributed by atoms with Crippen LogP contribution >= 0.6 is 0 Å². The molecule has 2 rings (SSSR count). The fourth-order valence-electron chi connectivity index (χ4n) is 2.30. The largest absolute Gasteiger partial charge is 0.344 e. The van der Waals surface area contributed by atoms with Crippen LogP contribution in [0.25, 0.3) is 0 Å². The highest BCUT2D eigenvalue weighted by molar-refractivity contribution is 7.89. The average Bonchev–Trinajstić information content (AvgIpc) is 2.62. The van der Waals surface area contributed by atoms with Crippen molar-refractivity contribution in [1.29, 1.82) is 0 Å². The molecule has 0 aliphatic heterocycles. The van der Waals surface area contributed by atoms with Crippen molar-refractivity contribution in [1.82, 2.24) is 9.62 Å². The Kier molecular flexibility index (Phi) is 6.35. The maximum Gasteiger partial charge on any atom is 0.313 e. The zero-order chi connectivity index (χ0) is 20.2. The fraction of sp³-hybridized carbons (Fsp3) is 0.263. The monoisotopic (exact) mass is 389 g/mol. The number of aryl methyl sites for hydroxylation is 2. The van der Waals surface area contributed by atoms with Gasteiger partial charge in [0.1, 0.15) is 0 Å². The van der Waals surface area contributed by atoms with Gasteiger partial charge in [0.15, 0.2) is 0 Å². The molecule has 0 atom stereocenters. The second-order valence-corrected chi connectivity index (χ2v) is 8.54. The Labute approximate surface area is 159 Å². The number of sulfonamides is 1. The number of carbonyl (C=O) groups excluding carboxylic acids is 2. The Morgan fingerprint density at radius 2 is 1.59 bits per heavy atom. The second kappa shape index (κ2) is 8.32. The van der Waals surface area contributed by atoms with E-state index >= 15 is 0 Å². The Morgan fingerprint density at radius 1 is 0.963 bits per heavy atom. The quantitative estimate of drug-likeness (QED) is 0.763. The van der Waals surface area contributed by atoms with E-state index in [1.807, 2.05) is 26.0 Å². The maximum atomic E-state index is 12.0. The lowest BCUT2D eigenvalue weighted by atomic mass is 10.1. The molecule has 0 heterocycles. The Balaban J connectivity index is 1.97. The summed E-state index contributed by atoms with van der Waals surface area (Å²) in [5.74, 6) is -1.52. The molecule has 0 aliphatic carbocycles. The van der Waals surface area contributed by atoms with Crippen LogP contribution in [0.4, 0.5) is 5.69 Å². The topological polar surface area (TPSA) is 95.6 Å². The molecule has 2 aromatic carbocycles. The lowest BCUT2D eigenvalue weighted by Gasteiger charge is -2.12. The van der Waals surface area contributed by atoms with Crippen molar-refractivity contribution < 1.29 is 18.0 Å². The summed E-state index contributed by atoms with van der Waals surface area (Å²) in [7, 11) is -0.586. The summed E-state index contributed by atoms with van der Waals surface area (Å²) in [5.41, 5.74) is 3.11. The van der Waals surface area contributed by atoms with Crippen molar-refractivity contribution in [3.05, 3.63) is 59.2 Å². The fourth-order valence-corrected chi connectivity index (χ4v) is 3.20. The summed E-state index contributed by atoms with van der Waals surface area (Å²) in [4.78, 5) is 24.2. The third kappa shape index (κ3) is 5.15. The first-order valence-electron chi connectivity index (χ1n) is 8.29. The average molecular weight is 389 g/mol. The van der Waals surface area contributed by atoms with Gasteiger partial charge in [-0.15, -0.1) is 0 Å². The smallest absolute Gasteiger partial charge is 0.313 e. The van der Waals surface area contributed by atoms with Crippen LogP contribution in [0, 0.1) is 13.8 Å².